The number of fused-ring (bicyclic) bond motifs is 1. The highest BCUT2D eigenvalue weighted by Gasteiger charge is 2.48. The molecule has 18 nitrogen and oxygen atoms in total. The van der Waals surface area contributed by atoms with Gasteiger partial charge in [-0.3, -0.25) is 18.1 Å². The van der Waals surface area contributed by atoms with Crippen molar-refractivity contribution in [2.45, 2.75) is 24.5 Å². The Bertz CT molecular complexity index is 1250. The largest absolute Gasteiger partial charge is 0.492 e. The second-order valence-corrected chi connectivity index (χ2v) is 12.0. The van der Waals surface area contributed by atoms with E-state index in [1.807, 2.05) is 0 Å². The lowest BCUT2D eigenvalue weighted by molar-refractivity contribution is -0.0508. The molecule has 22 heteroatoms. The number of H-pyrrole nitrogens is 1. The number of hydrogen-bond acceptors (Lipinski definition) is 15. The average Bonchev–Trinajstić information content (AvgIpc) is 3.26. The van der Waals surface area contributed by atoms with Crippen LogP contribution in [0.15, 0.2) is 6.33 Å². The lowest BCUT2D eigenvalue weighted by Crippen LogP contribution is -2.33. The van der Waals surface area contributed by atoms with Crippen molar-refractivity contribution >= 4 is 52.8 Å². The van der Waals surface area contributed by atoms with Crippen LogP contribution < -0.4 is 5.73 Å². The van der Waals surface area contributed by atoms with Gasteiger partial charge in [-0.05, 0) is 0 Å². The van der Waals surface area contributed by atoms with Crippen LogP contribution in [0.2, 0.25) is 0 Å². The van der Waals surface area contributed by atoms with E-state index in [0.717, 1.165) is 7.11 Å². The van der Waals surface area contributed by atoms with Crippen molar-refractivity contribution in [1.29, 1.82) is 0 Å². The molecule has 1 saturated heterocycles. The number of aliphatic hydroxyl groups excluding tert-OH is 2. The van der Waals surface area contributed by atoms with Crippen molar-refractivity contribution < 1.29 is 60.6 Å². The lowest BCUT2D eigenvalue weighted by Gasteiger charge is -2.22. The first-order valence-corrected chi connectivity index (χ1v) is 13.7. The van der Waals surface area contributed by atoms with E-state index in [-0.39, 0.29) is 21.8 Å². The van der Waals surface area contributed by atoms with Crippen molar-refractivity contribution in [3.8, 4) is 0 Å². The number of hydrogen-bond donors (Lipinski definition) is 6. The van der Waals surface area contributed by atoms with Gasteiger partial charge >= 0.3 is 23.5 Å². The third kappa shape index (κ3) is 5.98. The van der Waals surface area contributed by atoms with Crippen LogP contribution in [0.5, 0.6) is 0 Å². The first-order valence-electron chi connectivity index (χ1n) is 8.89. The van der Waals surface area contributed by atoms with Crippen LogP contribution in [0.1, 0.15) is 6.23 Å². The Hall–Kier alpha value is -1.14. The fourth-order valence-corrected chi connectivity index (χ4v) is 6.93. The van der Waals surface area contributed by atoms with E-state index in [1.54, 1.807) is 0 Å². The van der Waals surface area contributed by atoms with Gasteiger partial charge in [-0.1, -0.05) is 12.2 Å². The number of nitrogens with zero attached hydrogens (tertiary/aromatic N) is 3. The maximum atomic E-state index is 12.6. The Balaban J connectivity index is 1.76. The summed E-state index contributed by atoms with van der Waals surface area (Å²) in [6.07, 6.45) is -4.49. The molecule has 0 spiro atoms. The molecule has 6 atom stereocenters. The van der Waals surface area contributed by atoms with Crippen LogP contribution >= 0.6 is 35.7 Å². The summed E-state index contributed by atoms with van der Waals surface area (Å²) in [5, 5.41) is 20.8. The Morgan fingerprint density at radius 3 is 2.41 bits per heavy atom. The van der Waals surface area contributed by atoms with Crippen molar-refractivity contribution in [2.24, 2.45) is 0 Å². The van der Waals surface area contributed by atoms with E-state index >= 15 is 0 Å². The minimum atomic E-state index is -5.40. The minimum Gasteiger partial charge on any atom is -0.387 e. The zero-order valence-corrected chi connectivity index (χ0v) is 20.7. The normalized spacial score (nSPS) is 27.0. The highest BCUT2D eigenvalue weighted by Crippen LogP contribution is 2.70. The molecule has 0 bridgehead atoms. The lowest BCUT2D eigenvalue weighted by atomic mass is 10.1. The topological polar surface area (TPSA) is 260 Å². The molecule has 7 N–H and O–H groups in total. The van der Waals surface area contributed by atoms with Crippen LogP contribution in [-0.2, 0) is 40.6 Å². The van der Waals surface area contributed by atoms with Crippen LogP contribution in [0, 0.1) is 4.64 Å². The smallest absolute Gasteiger partial charge is 0.387 e. The summed E-state index contributed by atoms with van der Waals surface area (Å²) >= 11 is 5.08. The van der Waals surface area contributed by atoms with Gasteiger partial charge in [-0.25, -0.2) is 23.7 Å². The number of nitrogen functional groups attached to an aromatic ring is 1. The van der Waals surface area contributed by atoms with E-state index < -0.39 is 54.6 Å². The van der Waals surface area contributed by atoms with Crippen molar-refractivity contribution in [2.75, 3.05) is 26.6 Å². The Kier molecular flexibility index (Phi) is 8.14. The zero-order chi connectivity index (χ0) is 25.5. The molecule has 1 aliphatic heterocycles. The summed E-state index contributed by atoms with van der Waals surface area (Å²) < 4.78 is 64.9. The Morgan fingerprint density at radius 1 is 1.18 bits per heavy atom. The molecule has 34 heavy (non-hydrogen) atoms. The van der Waals surface area contributed by atoms with Crippen LogP contribution in [0.25, 0.3) is 11.2 Å². The van der Waals surface area contributed by atoms with E-state index in [1.165, 1.54) is 10.9 Å². The summed E-state index contributed by atoms with van der Waals surface area (Å²) in [6, 6.07) is 0. The summed E-state index contributed by atoms with van der Waals surface area (Å²) in [7, 11) is -13.9. The number of phosphoric acid groups is 3. The van der Waals surface area contributed by atoms with Gasteiger partial charge in [0.05, 0.1) is 12.9 Å². The van der Waals surface area contributed by atoms with Gasteiger partial charge < -0.3 is 35.5 Å². The number of rotatable bonds is 10. The molecular weight excluding hydrogens is 547 g/mol. The number of nitrogens with two attached hydrogens (primary N) is 1. The molecule has 0 aromatic carbocycles. The quantitative estimate of drug-likeness (QED) is 0.167. The molecule has 1 fully saturated rings. The number of nitrogens with one attached hydrogen (secondary N) is 1. The molecule has 0 aliphatic carbocycles. The molecule has 0 amide bonds. The molecule has 192 valence electrons. The van der Waals surface area contributed by atoms with Gasteiger partial charge in [0.1, 0.15) is 29.5 Å². The Morgan fingerprint density at radius 2 is 1.82 bits per heavy atom. The number of aliphatic hydroxyl groups is 2. The van der Waals surface area contributed by atoms with Crippen molar-refractivity contribution in [3.63, 3.8) is 0 Å². The SMILES string of the molecule is COP(=O)(OC[C@H]1OC(n2cnc3c(=S)nc(N)[nH]c32)C(O)[C@H]1O)OP(=O)(OC)OP(=O)(O)O. The second-order valence-electron chi connectivity index (χ2n) is 6.53. The third-order valence-corrected chi connectivity index (χ3v) is 9.22. The first kappa shape index (κ1) is 27.4. The molecule has 2 aromatic heterocycles. The molecule has 2 aromatic rings. The van der Waals surface area contributed by atoms with Gasteiger partial charge in [0, 0.05) is 14.2 Å². The molecular formula is C12H20N5O13P3S. The molecule has 4 unspecified atom stereocenters. The molecule has 0 saturated carbocycles. The molecule has 1 aliphatic rings. The Labute approximate surface area is 195 Å². The number of aromatic amines is 1. The van der Waals surface area contributed by atoms with Gasteiger partial charge in [-0.15, -0.1) is 0 Å². The number of ether oxygens (including phenoxy) is 1. The van der Waals surface area contributed by atoms with E-state index in [2.05, 4.69) is 32.6 Å². The summed E-state index contributed by atoms with van der Waals surface area (Å²) in [4.78, 5) is 28.3. The number of aromatic nitrogens is 4. The fraction of sp³-hybridized carbons (Fsp3) is 0.583. The van der Waals surface area contributed by atoms with Crippen molar-refractivity contribution in [3.05, 3.63) is 11.0 Å². The van der Waals surface area contributed by atoms with E-state index in [0.29, 0.717) is 7.11 Å². The molecule has 0 radical (unpaired) electrons. The van der Waals surface area contributed by atoms with Crippen LogP contribution in [0.4, 0.5) is 5.95 Å². The zero-order valence-electron chi connectivity index (χ0n) is 17.2. The van der Waals surface area contributed by atoms with Crippen LogP contribution in [-0.4, -0.2) is 78.7 Å². The number of anilines is 1. The maximum absolute atomic E-state index is 12.6. The number of imidazole rings is 1. The number of phosphoric ester groups is 1. The van der Waals surface area contributed by atoms with Gasteiger partial charge in [0.25, 0.3) is 0 Å². The maximum Gasteiger partial charge on any atom is 0.492 e. The first-order chi connectivity index (χ1) is 15.7. The van der Waals surface area contributed by atoms with Gasteiger partial charge in [0.15, 0.2) is 16.8 Å². The predicted molar refractivity (Wildman–Crippen MR) is 112 cm³/mol. The predicted octanol–water partition coefficient (Wildman–Crippen LogP) is 0.342. The fourth-order valence-electron chi connectivity index (χ4n) is 2.85. The van der Waals surface area contributed by atoms with Crippen molar-refractivity contribution in [1.82, 2.24) is 19.5 Å². The molecule has 3 rings (SSSR count). The highest BCUT2D eigenvalue weighted by molar-refractivity contribution is 7.71. The summed E-state index contributed by atoms with van der Waals surface area (Å²) in [6.45, 7) is -0.772. The summed E-state index contributed by atoms with van der Waals surface area (Å²) in [5.74, 6) is -0.0366. The minimum absolute atomic E-state index is 0.0366. The second kappa shape index (κ2) is 10.1. The monoisotopic (exact) mass is 567 g/mol. The van der Waals surface area contributed by atoms with Gasteiger partial charge in [-0.2, -0.15) is 8.62 Å². The van der Waals surface area contributed by atoms with E-state index in [4.69, 9.17) is 37.0 Å². The summed E-state index contributed by atoms with van der Waals surface area (Å²) in [5.41, 5.74) is 6.13. The van der Waals surface area contributed by atoms with Gasteiger partial charge in [0.2, 0.25) is 0 Å². The highest BCUT2D eigenvalue weighted by atomic mass is 32.1. The standard InChI is InChI=1S/C12H20N5O13P3S/c1-25-32(23,30-33(24,26-2)29-31(20,21)22)27-3-5-7(18)8(19)11(28-5)17-4-14-6-9(17)15-12(13)16-10(6)34/h4-5,7-8,11,18-19H,3H2,1-2H3,(H2,20,21,22)(H3,13,15,16,34)/t5-,7+,8?,11?,32?,33?/m1/s1. The average molecular weight is 567 g/mol. The van der Waals surface area contributed by atoms with Crippen LogP contribution in [0.3, 0.4) is 0 Å². The van der Waals surface area contributed by atoms with E-state index in [9.17, 15) is 23.9 Å². The third-order valence-electron chi connectivity index (χ3n) is 4.33. The molecule has 3 heterocycles.